The summed E-state index contributed by atoms with van der Waals surface area (Å²) in [4.78, 5) is 35.1. The standard InChI is InChI=1S/C19H23N5O2/c1-12-11-13(2)21-19(20-12)23-22-18(26)15-9-10-16(25)24(3)17(15)14-7-5-4-6-8-14/h4-8,11,15,17H,9-10H2,1-3H3,(H,22,26)(H,20,21,23). The lowest BCUT2D eigenvalue weighted by molar-refractivity contribution is -0.141. The van der Waals surface area contributed by atoms with Crippen LogP contribution in [0, 0.1) is 19.8 Å². The summed E-state index contributed by atoms with van der Waals surface area (Å²) in [6.07, 6.45) is 0.863. The van der Waals surface area contributed by atoms with Gasteiger partial charge in [0, 0.05) is 24.9 Å². The Bertz CT molecular complexity index is 789. The number of hydrogen-bond donors (Lipinski definition) is 2. The average Bonchev–Trinajstić information content (AvgIpc) is 2.62. The summed E-state index contributed by atoms with van der Waals surface area (Å²) in [5, 5.41) is 0. The number of anilines is 1. The van der Waals surface area contributed by atoms with Gasteiger partial charge in [0.15, 0.2) is 0 Å². The first kappa shape index (κ1) is 17.8. The van der Waals surface area contributed by atoms with Crippen LogP contribution in [0.5, 0.6) is 0 Å². The smallest absolute Gasteiger partial charge is 0.243 e. The number of likely N-dealkylation sites (tertiary alicyclic amines) is 1. The molecule has 2 aromatic rings. The first-order valence-corrected chi connectivity index (χ1v) is 8.64. The molecule has 1 fully saturated rings. The van der Waals surface area contributed by atoms with Crippen LogP contribution in [0.4, 0.5) is 5.95 Å². The minimum Gasteiger partial charge on any atom is -0.338 e. The molecular formula is C19H23N5O2. The second kappa shape index (κ2) is 7.51. The van der Waals surface area contributed by atoms with E-state index in [1.54, 1.807) is 11.9 Å². The van der Waals surface area contributed by atoms with Gasteiger partial charge in [-0.15, -0.1) is 0 Å². The Labute approximate surface area is 152 Å². The molecule has 136 valence electrons. The number of rotatable bonds is 4. The fourth-order valence-electron chi connectivity index (χ4n) is 3.41. The van der Waals surface area contributed by atoms with Gasteiger partial charge < -0.3 is 4.90 Å². The molecule has 1 saturated heterocycles. The molecule has 0 saturated carbocycles. The van der Waals surface area contributed by atoms with Crippen molar-refractivity contribution < 1.29 is 9.59 Å². The Kier molecular flexibility index (Phi) is 5.16. The summed E-state index contributed by atoms with van der Waals surface area (Å²) < 4.78 is 0. The van der Waals surface area contributed by atoms with Crippen molar-refractivity contribution in [3.8, 4) is 0 Å². The Morgan fingerprint density at radius 3 is 2.46 bits per heavy atom. The highest BCUT2D eigenvalue weighted by atomic mass is 16.2. The number of carbonyl (C=O) groups is 2. The van der Waals surface area contributed by atoms with Gasteiger partial charge in [0.1, 0.15) is 0 Å². The first-order chi connectivity index (χ1) is 12.5. The summed E-state index contributed by atoms with van der Waals surface area (Å²) >= 11 is 0. The van der Waals surface area contributed by atoms with E-state index in [1.807, 2.05) is 50.2 Å². The number of benzene rings is 1. The number of hydrazine groups is 1. The van der Waals surface area contributed by atoms with Gasteiger partial charge in [-0.1, -0.05) is 30.3 Å². The van der Waals surface area contributed by atoms with Crippen LogP contribution >= 0.6 is 0 Å². The molecule has 0 spiro atoms. The van der Waals surface area contributed by atoms with Gasteiger partial charge in [-0.25, -0.2) is 9.97 Å². The molecule has 2 heterocycles. The van der Waals surface area contributed by atoms with E-state index in [2.05, 4.69) is 20.8 Å². The van der Waals surface area contributed by atoms with Crippen molar-refractivity contribution in [1.29, 1.82) is 0 Å². The second-order valence-electron chi connectivity index (χ2n) is 6.59. The Balaban J connectivity index is 1.76. The molecule has 1 aromatic carbocycles. The van der Waals surface area contributed by atoms with Crippen LogP contribution < -0.4 is 10.9 Å². The average molecular weight is 353 g/mol. The third-order valence-corrected chi connectivity index (χ3v) is 4.62. The minimum atomic E-state index is -0.349. The van der Waals surface area contributed by atoms with Gasteiger partial charge in [-0.3, -0.25) is 20.4 Å². The van der Waals surface area contributed by atoms with Crippen molar-refractivity contribution in [3.63, 3.8) is 0 Å². The van der Waals surface area contributed by atoms with Gasteiger partial charge >= 0.3 is 0 Å². The fraction of sp³-hybridized carbons (Fsp3) is 0.368. The molecule has 1 aliphatic rings. The summed E-state index contributed by atoms with van der Waals surface area (Å²) in [6, 6.07) is 11.2. The van der Waals surface area contributed by atoms with Crippen LogP contribution in [0.1, 0.15) is 35.8 Å². The van der Waals surface area contributed by atoms with Crippen LogP contribution in [0.2, 0.25) is 0 Å². The fourth-order valence-corrected chi connectivity index (χ4v) is 3.41. The first-order valence-electron chi connectivity index (χ1n) is 8.64. The zero-order valence-electron chi connectivity index (χ0n) is 15.2. The van der Waals surface area contributed by atoms with Crippen LogP contribution in [0.3, 0.4) is 0 Å². The number of aryl methyl sites for hydroxylation is 2. The Hall–Kier alpha value is -2.96. The quantitative estimate of drug-likeness (QED) is 0.823. The van der Waals surface area contributed by atoms with Crippen molar-refractivity contribution in [3.05, 3.63) is 53.3 Å². The van der Waals surface area contributed by atoms with Gasteiger partial charge in [0.25, 0.3) is 0 Å². The number of amides is 2. The molecule has 2 N–H and O–H groups in total. The third-order valence-electron chi connectivity index (χ3n) is 4.62. The van der Waals surface area contributed by atoms with Gasteiger partial charge in [0.05, 0.1) is 12.0 Å². The molecule has 1 aliphatic heterocycles. The summed E-state index contributed by atoms with van der Waals surface area (Å²) in [5.41, 5.74) is 8.09. The van der Waals surface area contributed by atoms with E-state index < -0.39 is 0 Å². The topological polar surface area (TPSA) is 87.2 Å². The van der Waals surface area contributed by atoms with Gasteiger partial charge in [-0.2, -0.15) is 0 Å². The predicted octanol–water partition coefficient (Wildman–Crippen LogP) is 2.15. The zero-order valence-corrected chi connectivity index (χ0v) is 15.2. The summed E-state index contributed by atoms with van der Waals surface area (Å²) in [7, 11) is 1.75. The molecule has 3 rings (SSSR count). The van der Waals surface area contributed by atoms with Crippen molar-refractivity contribution in [2.75, 3.05) is 12.5 Å². The van der Waals surface area contributed by atoms with E-state index in [-0.39, 0.29) is 23.8 Å². The number of hydrogen-bond acceptors (Lipinski definition) is 5. The third kappa shape index (κ3) is 3.82. The Morgan fingerprint density at radius 1 is 1.15 bits per heavy atom. The normalized spacial score (nSPS) is 20.0. The van der Waals surface area contributed by atoms with Gasteiger partial charge in [0.2, 0.25) is 17.8 Å². The molecule has 0 radical (unpaired) electrons. The molecule has 1 aromatic heterocycles. The highest BCUT2D eigenvalue weighted by Gasteiger charge is 2.38. The van der Waals surface area contributed by atoms with E-state index in [1.165, 1.54) is 0 Å². The molecule has 2 amide bonds. The monoisotopic (exact) mass is 353 g/mol. The zero-order chi connectivity index (χ0) is 18.7. The number of carbonyl (C=O) groups excluding carboxylic acids is 2. The SMILES string of the molecule is Cc1cc(C)nc(NNC(=O)C2CCC(=O)N(C)C2c2ccccc2)n1. The van der Waals surface area contributed by atoms with E-state index >= 15 is 0 Å². The number of nitrogens with one attached hydrogen (secondary N) is 2. The molecule has 2 atom stereocenters. The van der Waals surface area contributed by atoms with Crippen LogP contribution in [-0.4, -0.2) is 33.7 Å². The van der Waals surface area contributed by atoms with Crippen LogP contribution in [0.25, 0.3) is 0 Å². The van der Waals surface area contributed by atoms with E-state index in [0.29, 0.717) is 18.8 Å². The van der Waals surface area contributed by atoms with E-state index in [0.717, 1.165) is 17.0 Å². The lowest BCUT2D eigenvalue weighted by atomic mass is 9.84. The molecule has 0 aliphatic carbocycles. The highest BCUT2D eigenvalue weighted by molar-refractivity contribution is 5.85. The molecule has 2 unspecified atom stereocenters. The van der Waals surface area contributed by atoms with Crippen LogP contribution in [-0.2, 0) is 9.59 Å². The largest absolute Gasteiger partial charge is 0.338 e. The van der Waals surface area contributed by atoms with Crippen molar-refractivity contribution in [1.82, 2.24) is 20.3 Å². The van der Waals surface area contributed by atoms with Crippen LogP contribution in [0.15, 0.2) is 36.4 Å². The number of piperidine rings is 1. The predicted molar refractivity (Wildman–Crippen MR) is 97.9 cm³/mol. The van der Waals surface area contributed by atoms with E-state index in [4.69, 9.17) is 0 Å². The Morgan fingerprint density at radius 2 is 1.81 bits per heavy atom. The van der Waals surface area contributed by atoms with E-state index in [9.17, 15) is 9.59 Å². The lowest BCUT2D eigenvalue weighted by Gasteiger charge is -2.38. The maximum absolute atomic E-state index is 12.8. The molecule has 0 bridgehead atoms. The van der Waals surface area contributed by atoms with Gasteiger partial charge in [-0.05, 0) is 31.9 Å². The maximum Gasteiger partial charge on any atom is 0.243 e. The van der Waals surface area contributed by atoms with Crippen molar-refractivity contribution >= 4 is 17.8 Å². The molecule has 7 nitrogen and oxygen atoms in total. The van der Waals surface area contributed by atoms with Crippen molar-refractivity contribution in [2.24, 2.45) is 5.92 Å². The second-order valence-corrected chi connectivity index (χ2v) is 6.59. The molecular weight excluding hydrogens is 330 g/mol. The lowest BCUT2D eigenvalue weighted by Crippen LogP contribution is -2.47. The van der Waals surface area contributed by atoms with Crippen molar-refractivity contribution in [2.45, 2.75) is 32.7 Å². The minimum absolute atomic E-state index is 0.0495. The maximum atomic E-state index is 12.8. The molecule has 7 heteroatoms. The number of aromatic nitrogens is 2. The highest BCUT2D eigenvalue weighted by Crippen LogP contribution is 2.35. The summed E-state index contributed by atoms with van der Waals surface area (Å²) in [5.74, 6) is -0.125. The molecule has 26 heavy (non-hydrogen) atoms. The number of nitrogens with zero attached hydrogens (tertiary/aromatic N) is 3. The summed E-state index contributed by atoms with van der Waals surface area (Å²) in [6.45, 7) is 3.74.